The van der Waals surface area contributed by atoms with Crippen LogP contribution in [0, 0.1) is 24.6 Å². The van der Waals surface area contributed by atoms with Crippen LogP contribution in [-0.2, 0) is 6.42 Å². The molecule has 0 spiro atoms. The summed E-state index contributed by atoms with van der Waals surface area (Å²) in [4.78, 5) is 0. The molecule has 0 saturated heterocycles. The van der Waals surface area contributed by atoms with Crippen molar-refractivity contribution in [2.24, 2.45) is 0 Å². The molecule has 90 valence electrons. The van der Waals surface area contributed by atoms with Crippen molar-refractivity contribution in [3.63, 3.8) is 0 Å². The Bertz CT molecular complexity index is 598. The summed E-state index contributed by atoms with van der Waals surface area (Å²) in [6.07, 6.45) is 1.04. The molecule has 0 heterocycles. The van der Waals surface area contributed by atoms with Gasteiger partial charge in [-0.3, -0.25) is 0 Å². The lowest BCUT2D eigenvalue weighted by molar-refractivity contribution is 0.627. The predicted octanol–water partition coefficient (Wildman–Crippen LogP) is 4.10. The third kappa shape index (κ3) is 2.99. The van der Waals surface area contributed by atoms with Crippen LogP contribution in [0.25, 0.3) is 0 Å². The van der Waals surface area contributed by atoms with Crippen molar-refractivity contribution >= 4 is 0 Å². The Balaban J connectivity index is 2.24. The predicted molar refractivity (Wildman–Crippen MR) is 72.9 cm³/mol. The van der Waals surface area contributed by atoms with Crippen molar-refractivity contribution in [1.82, 2.24) is 0 Å². The van der Waals surface area contributed by atoms with E-state index in [4.69, 9.17) is 0 Å². The lowest BCUT2D eigenvalue weighted by Crippen LogP contribution is -1.87. The molecule has 0 aromatic heterocycles. The molecule has 0 radical (unpaired) electrons. The number of hydrogen-bond acceptors (Lipinski definition) is 0. The Morgan fingerprint density at radius 3 is 2.17 bits per heavy atom. The molecular formula is C17H15F. The van der Waals surface area contributed by atoms with Crippen LogP contribution in [0.3, 0.4) is 0 Å². The fraction of sp³-hybridized carbons (Fsp3) is 0.176. The Labute approximate surface area is 107 Å². The van der Waals surface area contributed by atoms with E-state index in [-0.39, 0.29) is 5.82 Å². The number of hydrogen-bond donors (Lipinski definition) is 0. The second-order valence-electron chi connectivity index (χ2n) is 4.25. The molecule has 2 aromatic rings. The highest BCUT2D eigenvalue weighted by molar-refractivity contribution is 5.45. The van der Waals surface area contributed by atoms with Crippen LogP contribution in [-0.4, -0.2) is 0 Å². The van der Waals surface area contributed by atoms with Crippen LogP contribution in [0.15, 0.2) is 42.5 Å². The van der Waals surface area contributed by atoms with Gasteiger partial charge in [-0.05, 0) is 60.9 Å². The minimum atomic E-state index is -0.233. The van der Waals surface area contributed by atoms with Crippen LogP contribution >= 0.6 is 0 Å². The quantitative estimate of drug-likeness (QED) is 0.656. The summed E-state index contributed by atoms with van der Waals surface area (Å²) in [6.45, 7) is 4.24. The molecule has 0 atom stereocenters. The van der Waals surface area contributed by atoms with Crippen molar-refractivity contribution in [3.05, 3.63) is 70.5 Å². The smallest absolute Gasteiger partial charge is 0.123 e. The minimum Gasteiger partial charge on any atom is -0.207 e. The monoisotopic (exact) mass is 238 g/mol. The van der Waals surface area contributed by atoms with E-state index in [2.05, 4.69) is 37.8 Å². The van der Waals surface area contributed by atoms with Crippen molar-refractivity contribution < 1.29 is 4.39 Å². The van der Waals surface area contributed by atoms with Gasteiger partial charge in [-0.2, -0.15) is 0 Å². The Kier molecular flexibility index (Phi) is 3.79. The molecular weight excluding hydrogens is 223 g/mol. The third-order valence-electron chi connectivity index (χ3n) is 2.92. The highest BCUT2D eigenvalue weighted by Gasteiger charge is 1.96. The summed E-state index contributed by atoms with van der Waals surface area (Å²) in [5.41, 5.74) is 4.44. The zero-order valence-corrected chi connectivity index (χ0v) is 10.6. The van der Waals surface area contributed by atoms with Gasteiger partial charge in [-0.1, -0.05) is 24.8 Å². The molecule has 2 rings (SSSR count). The molecule has 0 amide bonds. The van der Waals surface area contributed by atoms with Crippen LogP contribution < -0.4 is 0 Å². The molecule has 1 heteroatoms. The van der Waals surface area contributed by atoms with Gasteiger partial charge in [-0.15, -0.1) is 0 Å². The summed E-state index contributed by atoms with van der Waals surface area (Å²) >= 11 is 0. The summed E-state index contributed by atoms with van der Waals surface area (Å²) in [7, 11) is 0. The molecule has 0 aliphatic carbocycles. The first-order valence-electron chi connectivity index (χ1n) is 6.06. The first kappa shape index (κ1) is 12.4. The summed E-state index contributed by atoms with van der Waals surface area (Å²) < 4.78 is 12.7. The molecule has 0 N–H and O–H groups in total. The van der Waals surface area contributed by atoms with Gasteiger partial charge in [0.1, 0.15) is 5.82 Å². The SMILES string of the molecule is CCc1ccc(C#Cc2ccc(F)cc2)cc1C. The number of aryl methyl sites for hydroxylation is 2. The van der Waals surface area contributed by atoms with E-state index in [9.17, 15) is 4.39 Å². The third-order valence-corrected chi connectivity index (χ3v) is 2.92. The average molecular weight is 238 g/mol. The maximum absolute atomic E-state index is 12.7. The highest BCUT2D eigenvalue weighted by Crippen LogP contribution is 2.11. The normalized spacial score (nSPS) is 9.72. The van der Waals surface area contributed by atoms with Gasteiger partial charge in [0.05, 0.1) is 0 Å². The van der Waals surface area contributed by atoms with Crippen molar-refractivity contribution in [2.75, 3.05) is 0 Å². The number of rotatable bonds is 1. The average Bonchev–Trinajstić information content (AvgIpc) is 2.38. The van der Waals surface area contributed by atoms with Crippen LogP contribution in [0.2, 0.25) is 0 Å². The molecule has 2 aromatic carbocycles. The van der Waals surface area contributed by atoms with E-state index in [0.29, 0.717) is 0 Å². The van der Waals surface area contributed by atoms with Gasteiger partial charge in [0, 0.05) is 11.1 Å². The van der Waals surface area contributed by atoms with Crippen LogP contribution in [0.4, 0.5) is 4.39 Å². The highest BCUT2D eigenvalue weighted by atomic mass is 19.1. The van der Waals surface area contributed by atoms with Crippen molar-refractivity contribution in [2.45, 2.75) is 20.3 Å². The van der Waals surface area contributed by atoms with Crippen molar-refractivity contribution in [1.29, 1.82) is 0 Å². The molecule has 0 aliphatic rings. The minimum absolute atomic E-state index is 0.233. The van der Waals surface area contributed by atoms with Crippen LogP contribution in [0.5, 0.6) is 0 Å². The van der Waals surface area contributed by atoms with Gasteiger partial charge < -0.3 is 0 Å². The first-order valence-corrected chi connectivity index (χ1v) is 6.06. The molecule has 0 bridgehead atoms. The van der Waals surface area contributed by atoms with E-state index in [1.54, 1.807) is 12.1 Å². The van der Waals surface area contributed by atoms with Crippen LogP contribution in [0.1, 0.15) is 29.2 Å². The topological polar surface area (TPSA) is 0 Å². The fourth-order valence-electron chi connectivity index (χ4n) is 1.85. The Morgan fingerprint density at radius 2 is 1.56 bits per heavy atom. The van der Waals surface area contributed by atoms with E-state index >= 15 is 0 Å². The maximum atomic E-state index is 12.7. The lowest BCUT2D eigenvalue weighted by atomic mass is 10.0. The maximum Gasteiger partial charge on any atom is 0.123 e. The Morgan fingerprint density at radius 1 is 0.944 bits per heavy atom. The summed E-state index contributed by atoms with van der Waals surface area (Å²) in [6, 6.07) is 12.5. The zero-order valence-electron chi connectivity index (χ0n) is 10.6. The van der Waals surface area contributed by atoms with Gasteiger partial charge in [0.25, 0.3) is 0 Å². The molecule has 0 aliphatic heterocycles. The van der Waals surface area contributed by atoms with E-state index in [1.807, 2.05) is 6.07 Å². The molecule has 0 fully saturated rings. The van der Waals surface area contributed by atoms with Gasteiger partial charge >= 0.3 is 0 Å². The van der Waals surface area contributed by atoms with Gasteiger partial charge in [-0.25, -0.2) is 4.39 Å². The number of benzene rings is 2. The van der Waals surface area contributed by atoms with Gasteiger partial charge in [0.15, 0.2) is 0 Å². The standard InChI is InChI=1S/C17H15F/c1-3-16-9-6-15(12-13(16)2)5-4-14-7-10-17(18)11-8-14/h6-12H,3H2,1-2H3. The summed E-state index contributed by atoms with van der Waals surface area (Å²) in [5.74, 6) is 5.90. The van der Waals surface area contributed by atoms with Crippen molar-refractivity contribution in [3.8, 4) is 11.8 Å². The second kappa shape index (κ2) is 5.51. The molecule has 18 heavy (non-hydrogen) atoms. The first-order chi connectivity index (χ1) is 8.69. The largest absolute Gasteiger partial charge is 0.207 e. The molecule has 0 nitrogen and oxygen atoms in total. The molecule has 0 saturated carbocycles. The van der Waals surface area contributed by atoms with E-state index in [0.717, 1.165) is 17.5 Å². The fourth-order valence-corrected chi connectivity index (χ4v) is 1.85. The summed E-state index contributed by atoms with van der Waals surface area (Å²) in [5, 5.41) is 0. The zero-order chi connectivity index (χ0) is 13.0. The lowest BCUT2D eigenvalue weighted by Gasteiger charge is -2.02. The van der Waals surface area contributed by atoms with Gasteiger partial charge in [0.2, 0.25) is 0 Å². The molecule has 0 unspecified atom stereocenters. The second-order valence-corrected chi connectivity index (χ2v) is 4.25. The number of halogens is 1. The van der Waals surface area contributed by atoms with E-state index in [1.165, 1.54) is 23.3 Å². The Hall–Kier alpha value is -2.07. The van der Waals surface area contributed by atoms with E-state index < -0.39 is 0 Å².